The molecule has 1 amide bonds. The number of aryl methyl sites for hydroxylation is 2. The lowest BCUT2D eigenvalue weighted by Gasteiger charge is -2.09. The van der Waals surface area contributed by atoms with Crippen LogP contribution in [0.25, 0.3) is 11.4 Å². The van der Waals surface area contributed by atoms with Crippen LogP contribution in [-0.2, 0) is 0 Å². The maximum atomic E-state index is 13.9. The lowest BCUT2D eigenvalue weighted by Crippen LogP contribution is -2.16. The van der Waals surface area contributed by atoms with Crippen LogP contribution >= 0.6 is 15.9 Å². The summed E-state index contributed by atoms with van der Waals surface area (Å²) in [4.78, 5) is 21.1. The highest BCUT2D eigenvalue weighted by atomic mass is 79.9. The van der Waals surface area contributed by atoms with Gasteiger partial charge in [-0.2, -0.15) is 0 Å². The zero-order chi connectivity index (χ0) is 18.0. The van der Waals surface area contributed by atoms with E-state index in [1.807, 2.05) is 31.2 Å². The molecule has 1 aromatic heterocycles. The second-order valence-electron chi connectivity index (χ2n) is 5.64. The van der Waals surface area contributed by atoms with Gasteiger partial charge in [0.1, 0.15) is 5.82 Å². The van der Waals surface area contributed by atoms with Gasteiger partial charge in [0, 0.05) is 16.2 Å². The molecule has 3 rings (SSSR count). The number of aromatic nitrogens is 2. The normalized spacial score (nSPS) is 10.6. The third-order valence-corrected chi connectivity index (χ3v) is 4.21. The molecule has 0 spiro atoms. The van der Waals surface area contributed by atoms with Crippen LogP contribution in [0.15, 0.2) is 53.1 Å². The molecule has 4 nitrogen and oxygen atoms in total. The molecule has 0 radical (unpaired) electrons. The molecule has 0 bridgehead atoms. The Balaban J connectivity index is 1.85. The van der Waals surface area contributed by atoms with Crippen molar-refractivity contribution in [3.05, 3.63) is 75.8 Å². The molecule has 126 valence electrons. The molecule has 25 heavy (non-hydrogen) atoms. The first-order valence-electron chi connectivity index (χ1n) is 7.61. The van der Waals surface area contributed by atoms with E-state index in [9.17, 15) is 9.18 Å². The van der Waals surface area contributed by atoms with Crippen LogP contribution < -0.4 is 5.32 Å². The minimum Gasteiger partial charge on any atom is -0.319 e. The molecule has 0 aliphatic heterocycles. The Morgan fingerprint density at radius 3 is 2.48 bits per heavy atom. The van der Waals surface area contributed by atoms with Gasteiger partial charge in [0.05, 0.1) is 16.9 Å². The highest BCUT2D eigenvalue weighted by Crippen LogP contribution is 2.21. The predicted molar refractivity (Wildman–Crippen MR) is 99.0 cm³/mol. The third kappa shape index (κ3) is 3.91. The average molecular weight is 400 g/mol. The van der Waals surface area contributed by atoms with Gasteiger partial charge in [-0.1, -0.05) is 45.8 Å². The summed E-state index contributed by atoms with van der Waals surface area (Å²) in [7, 11) is 0. The van der Waals surface area contributed by atoms with Gasteiger partial charge in [0.2, 0.25) is 0 Å². The highest BCUT2D eigenvalue weighted by Gasteiger charge is 2.14. The van der Waals surface area contributed by atoms with E-state index in [0.717, 1.165) is 11.1 Å². The topological polar surface area (TPSA) is 54.9 Å². The van der Waals surface area contributed by atoms with Gasteiger partial charge in [-0.15, -0.1) is 0 Å². The van der Waals surface area contributed by atoms with Crippen LogP contribution in [0.2, 0.25) is 0 Å². The van der Waals surface area contributed by atoms with Crippen LogP contribution in [0.3, 0.4) is 0 Å². The number of amides is 1. The van der Waals surface area contributed by atoms with Crippen molar-refractivity contribution in [1.29, 1.82) is 0 Å². The molecule has 0 saturated carbocycles. The van der Waals surface area contributed by atoms with Crippen molar-refractivity contribution in [3.63, 3.8) is 0 Å². The van der Waals surface area contributed by atoms with Crippen molar-refractivity contribution in [1.82, 2.24) is 9.97 Å². The standard InChI is InChI=1S/C19H15BrFN3O/c1-11-3-5-13(6-4-11)18-22-10-15(12(2)23-18)19(25)24-17-8-7-14(20)9-16(17)21/h3-10H,1-2H3,(H,24,25). The van der Waals surface area contributed by atoms with E-state index in [-0.39, 0.29) is 5.69 Å². The first kappa shape index (κ1) is 17.2. The SMILES string of the molecule is Cc1ccc(-c2ncc(C(=O)Nc3ccc(Br)cc3F)c(C)n2)cc1. The van der Waals surface area contributed by atoms with Crippen LogP contribution in [0.1, 0.15) is 21.6 Å². The summed E-state index contributed by atoms with van der Waals surface area (Å²) in [5.41, 5.74) is 2.96. The summed E-state index contributed by atoms with van der Waals surface area (Å²) >= 11 is 3.18. The lowest BCUT2D eigenvalue weighted by molar-refractivity contribution is 0.102. The molecule has 0 saturated heterocycles. The first-order chi connectivity index (χ1) is 11.9. The van der Waals surface area contributed by atoms with Crippen molar-refractivity contribution in [2.24, 2.45) is 0 Å². The van der Waals surface area contributed by atoms with Crippen LogP contribution in [0, 0.1) is 19.7 Å². The van der Waals surface area contributed by atoms with E-state index in [0.29, 0.717) is 21.6 Å². The average Bonchev–Trinajstić information content (AvgIpc) is 2.58. The van der Waals surface area contributed by atoms with Gasteiger partial charge in [-0.05, 0) is 32.0 Å². The molecular formula is C19H15BrFN3O. The Labute approximate surface area is 153 Å². The molecule has 0 unspecified atom stereocenters. The summed E-state index contributed by atoms with van der Waals surface area (Å²) in [6.07, 6.45) is 1.46. The molecule has 0 atom stereocenters. The molecule has 0 aliphatic rings. The number of carbonyl (C=O) groups excluding carboxylic acids is 1. The van der Waals surface area contributed by atoms with E-state index in [2.05, 4.69) is 31.2 Å². The maximum Gasteiger partial charge on any atom is 0.259 e. The molecular weight excluding hydrogens is 385 g/mol. The Bertz CT molecular complexity index is 942. The summed E-state index contributed by atoms with van der Waals surface area (Å²) in [6.45, 7) is 3.73. The largest absolute Gasteiger partial charge is 0.319 e. The van der Waals surface area contributed by atoms with Crippen molar-refractivity contribution in [3.8, 4) is 11.4 Å². The summed E-state index contributed by atoms with van der Waals surface area (Å²) in [5.74, 6) is -0.421. The molecule has 6 heteroatoms. The number of halogens is 2. The van der Waals surface area contributed by atoms with Crippen LogP contribution in [-0.4, -0.2) is 15.9 Å². The number of hydrogen-bond acceptors (Lipinski definition) is 3. The number of carbonyl (C=O) groups is 1. The Kier molecular flexibility index (Phi) is 4.90. The van der Waals surface area contributed by atoms with E-state index >= 15 is 0 Å². The molecule has 0 fully saturated rings. The predicted octanol–water partition coefficient (Wildman–Crippen LogP) is 4.91. The number of hydrogen-bond donors (Lipinski definition) is 1. The molecule has 0 aliphatic carbocycles. The minimum atomic E-state index is -0.516. The summed E-state index contributed by atoms with van der Waals surface area (Å²) < 4.78 is 14.5. The Hall–Kier alpha value is -2.60. The zero-order valence-electron chi connectivity index (χ0n) is 13.7. The first-order valence-corrected chi connectivity index (χ1v) is 8.40. The van der Waals surface area contributed by atoms with E-state index in [4.69, 9.17) is 0 Å². The van der Waals surface area contributed by atoms with E-state index in [1.54, 1.807) is 13.0 Å². The number of anilines is 1. The molecule has 2 aromatic carbocycles. The number of nitrogens with one attached hydrogen (secondary N) is 1. The summed E-state index contributed by atoms with van der Waals surface area (Å²) in [5, 5.41) is 2.55. The lowest BCUT2D eigenvalue weighted by atomic mass is 10.1. The number of nitrogens with zero attached hydrogens (tertiary/aromatic N) is 2. The number of rotatable bonds is 3. The third-order valence-electron chi connectivity index (χ3n) is 3.71. The van der Waals surface area contributed by atoms with Gasteiger partial charge in [-0.3, -0.25) is 4.79 Å². The molecule has 1 heterocycles. The van der Waals surface area contributed by atoms with Crippen molar-refractivity contribution >= 4 is 27.5 Å². The zero-order valence-corrected chi connectivity index (χ0v) is 15.3. The molecule has 3 aromatic rings. The van der Waals surface area contributed by atoms with Gasteiger partial charge >= 0.3 is 0 Å². The summed E-state index contributed by atoms with van der Waals surface area (Å²) in [6, 6.07) is 12.3. The highest BCUT2D eigenvalue weighted by molar-refractivity contribution is 9.10. The minimum absolute atomic E-state index is 0.107. The quantitative estimate of drug-likeness (QED) is 0.680. The maximum absolute atomic E-state index is 13.9. The van der Waals surface area contributed by atoms with Gasteiger partial charge in [0.25, 0.3) is 5.91 Å². The van der Waals surface area contributed by atoms with Crippen LogP contribution in [0.4, 0.5) is 10.1 Å². The fourth-order valence-electron chi connectivity index (χ4n) is 2.31. The van der Waals surface area contributed by atoms with Crippen molar-refractivity contribution in [2.45, 2.75) is 13.8 Å². The van der Waals surface area contributed by atoms with Crippen LogP contribution in [0.5, 0.6) is 0 Å². The Morgan fingerprint density at radius 1 is 1.12 bits per heavy atom. The fraction of sp³-hybridized carbons (Fsp3) is 0.105. The van der Waals surface area contributed by atoms with E-state index < -0.39 is 11.7 Å². The molecule has 1 N–H and O–H groups in total. The van der Waals surface area contributed by atoms with Crippen molar-refractivity contribution in [2.75, 3.05) is 5.32 Å². The fourth-order valence-corrected chi connectivity index (χ4v) is 2.65. The number of benzene rings is 2. The monoisotopic (exact) mass is 399 g/mol. The van der Waals surface area contributed by atoms with Crippen molar-refractivity contribution < 1.29 is 9.18 Å². The second-order valence-corrected chi connectivity index (χ2v) is 6.55. The van der Waals surface area contributed by atoms with Gasteiger partial charge < -0.3 is 5.32 Å². The van der Waals surface area contributed by atoms with E-state index in [1.165, 1.54) is 18.3 Å². The smallest absolute Gasteiger partial charge is 0.259 e. The van der Waals surface area contributed by atoms with Gasteiger partial charge in [0.15, 0.2) is 5.82 Å². The Morgan fingerprint density at radius 2 is 1.84 bits per heavy atom. The second kappa shape index (κ2) is 7.11. The van der Waals surface area contributed by atoms with Gasteiger partial charge in [-0.25, -0.2) is 14.4 Å².